The van der Waals surface area contributed by atoms with Gasteiger partial charge in [0.15, 0.2) is 5.78 Å². The summed E-state index contributed by atoms with van der Waals surface area (Å²) in [5.74, 6) is 1.01. The molecule has 27 heavy (non-hydrogen) atoms. The molecule has 2 nitrogen and oxygen atoms in total. The van der Waals surface area contributed by atoms with Crippen molar-refractivity contribution in [1.29, 1.82) is 0 Å². The molecule has 0 radical (unpaired) electrons. The largest absolute Gasteiger partial charge is 0.497 e. The van der Waals surface area contributed by atoms with Crippen LogP contribution in [0.25, 0.3) is 16.7 Å². The van der Waals surface area contributed by atoms with Crippen LogP contribution in [0.1, 0.15) is 36.5 Å². The van der Waals surface area contributed by atoms with Crippen LogP contribution < -0.4 is 4.74 Å². The van der Waals surface area contributed by atoms with E-state index in [0.29, 0.717) is 0 Å². The SMILES string of the molecule is COc1ccc(-c2ccc(C3C(C(C)=O)=C(C)c4ccccc43)cc2)cc1. The molecule has 0 amide bonds. The highest BCUT2D eigenvalue weighted by molar-refractivity contribution is 6.06. The molecule has 1 aliphatic carbocycles. The van der Waals surface area contributed by atoms with E-state index in [9.17, 15) is 4.79 Å². The summed E-state index contributed by atoms with van der Waals surface area (Å²) in [6.07, 6.45) is 0. The first kappa shape index (κ1) is 17.3. The van der Waals surface area contributed by atoms with E-state index in [1.54, 1.807) is 14.0 Å². The molecular weight excluding hydrogens is 332 g/mol. The summed E-state index contributed by atoms with van der Waals surface area (Å²) in [5, 5.41) is 0. The molecule has 1 unspecified atom stereocenters. The van der Waals surface area contributed by atoms with Crippen LogP contribution in [0, 0.1) is 0 Å². The van der Waals surface area contributed by atoms with Crippen molar-refractivity contribution in [2.45, 2.75) is 19.8 Å². The molecule has 0 N–H and O–H groups in total. The molecule has 3 aromatic carbocycles. The molecule has 0 aromatic heterocycles. The van der Waals surface area contributed by atoms with E-state index in [4.69, 9.17) is 4.74 Å². The number of hydrogen-bond donors (Lipinski definition) is 0. The van der Waals surface area contributed by atoms with Gasteiger partial charge in [-0.05, 0) is 59.4 Å². The maximum absolute atomic E-state index is 12.4. The van der Waals surface area contributed by atoms with Crippen LogP contribution in [0.2, 0.25) is 0 Å². The van der Waals surface area contributed by atoms with E-state index in [1.165, 1.54) is 11.1 Å². The molecule has 1 aliphatic rings. The van der Waals surface area contributed by atoms with Gasteiger partial charge < -0.3 is 4.74 Å². The highest BCUT2D eigenvalue weighted by Crippen LogP contribution is 2.45. The Hall–Kier alpha value is -3.13. The third-order valence-electron chi connectivity index (χ3n) is 5.42. The van der Waals surface area contributed by atoms with Gasteiger partial charge in [-0.1, -0.05) is 60.7 Å². The summed E-state index contributed by atoms with van der Waals surface area (Å²) in [6, 6.07) is 24.9. The zero-order valence-electron chi connectivity index (χ0n) is 15.8. The Morgan fingerprint density at radius 3 is 2.04 bits per heavy atom. The smallest absolute Gasteiger partial charge is 0.157 e. The maximum Gasteiger partial charge on any atom is 0.157 e. The molecule has 134 valence electrons. The number of fused-ring (bicyclic) bond motifs is 1. The van der Waals surface area contributed by atoms with Crippen LogP contribution in [0.15, 0.2) is 78.4 Å². The normalized spacial score (nSPS) is 15.6. The topological polar surface area (TPSA) is 26.3 Å². The van der Waals surface area contributed by atoms with Crippen molar-refractivity contribution in [2.24, 2.45) is 0 Å². The summed E-state index contributed by atoms with van der Waals surface area (Å²) in [7, 11) is 1.67. The number of carbonyl (C=O) groups excluding carboxylic acids is 1. The van der Waals surface area contributed by atoms with Crippen LogP contribution >= 0.6 is 0 Å². The second-order valence-electron chi connectivity index (χ2n) is 6.97. The van der Waals surface area contributed by atoms with Crippen molar-refractivity contribution in [2.75, 3.05) is 7.11 Å². The molecule has 0 saturated heterocycles. The highest BCUT2D eigenvalue weighted by Gasteiger charge is 2.32. The number of rotatable bonds is 4. The van der Waals surface area contributed by atoms with Crippen LogP contribution in [0.4, 0.5) is 0 Å². The number of allylic oxidation sites excluding steroid dienone is 2. The molecule has 1 atom stereocenters. The van der Waals surface area contributed by atoms with E-state index in [2.05, 4.69) is 55.5 Å². The molecule has 0 bridgehead atoms. The first-order valence-corrected chi connectivity index (χ1v) is 9.15. The molecule has 0 spiro atoms. The van der Waals surface area contributed by atoms with Crippen molar-refractivity contribution in [3.8, 4) is 16.9 Å². The van der Waals surface area contributed by atoms with E-state index in [1.807, 2.05) is 24.3 Å². The second-order valence-corrected chi connectivity index (χ2v) is 6.97. The summed E-state index contributed by atoms with van der Waals surface area (Å²) in [6.45, 7) is 3.73. The lowest BCUT2D eigenvalue weighted by Gasteiger charge is -2.16. The van der Waals surface area contributed by atoms with E-state index >= 15 is 0 Å². The zero-order valence-corrected chi connectivity index (χ0v) is 15.8. The number of ether oxygens (including phenoxy) is 1. The number of methoxy groups -OCH3 is 1. The summed E-state index contributed by atoms with van der Waals surface area (Å²) in [4.78, 5) is 12.4. The quantitative estimate of drug-likeness (QED) is 0.586. The Morgan fingerprint density at radius 1 is 0.852 bits per heavy atom. The molecule has 4 rings (SSSR count). The van der Waals surface area contributed by atoms with Gasteiger partial charge >= 0.3 is 0 Å². The van der Waals surface area contributed by atoms with Crippen molar-refractivity contribution in [1.82, 2.24) is 0 Å². The fraction of sp³-hybridized carbons (Fsp3) is 0.160. The molecule has 0 heterocycles. The molecule has 0 saturated carbocycles. The molecule has 3 aromatic rings. The fourth-order valence-electron chi connectivity index (χ4n) is 4.07. The summed E-state index contributed by atoms with van der Waals surface area (Å²) in [5.41, 5.74) is 7.87. The lowest BCUT2D eigenvalue weighted by atomic mass is 9.86. The Bertz CT molecular complexity index is 1020. The van der Waals surface area contributed by atoms with Crippen LogP contribution in [0.5, 0.6) is 5.75 Å². The minimum atomic E-state index is 0.0172. The standard InChI is InChI=1S/C25H22O2/c1-16-22-6-4-5-7-23(22)25(24(16)17(2)26)20-10-8-18(9-11-20)19-12-14-21(27-3)15-13-19/h4-15,25H,1-3H3. The van der Waals surface area contributed by atoms with Crippen molar-refractivity contribution >= 4 is 11.4 Å². The average molecular weight is 354 g/mol. The number of ketones is 1. The average Bonchev–Trinajstić information content (AvgIpc) is 3.01. The van der Waals surface area contributed by atoms with Gasteiger partial charge in [-0.3, -0.25) is 4.79 Å². The maximum atomic E-state index is 12.4. The zero-order chi connectivity index (χ0) is 19.0. The summed E-state index contributed by atoms with van der Waals surface area (Å²) < 4.78 is 5.23. The second kappa shape index (κ2) is 6.88. The van der Waals surface area contributed by atoms with Gasteiger partial charge in [-0.25, -0.2) is 0 Å². The minimum absolute atomic E-state index is 0.0172. The van der Waals surface area contributed by atoms with Gasteiger partial charge in [0, 0.05) is 11.5 Å². The minimum Gasteiger partial charge on any atom is -0.497 e. The number of benzene rings is 3. The number of carbonyl (C=O) groups is 1. The van der Waals surface area contributed by atoms with Crippen molar-refractivity contribution in [3.05, 3.63) is 95.1 Å². The molecule has 2 heteroatoms. The van der Waals surface area contributed by atoms with Gasteiger partial charge in [-0.2, -0.15) is 0 Å². The first-order chi connectivity index (χ1) is 13.1. The fourth-order valence-corrected chi connectivity index (χ4v) is 4.07. The lowest BCUT2D eigenvalue weighted by Crippen LogP contribution is -2.07. The molecule has 0 fully saturated rings. The molecular formula is C25H22O2. The lowest BCUT2D eigenvalue weighted by molar-refractivity contribution is -0.113. The van der Waals surface area contributed by atoms with Gasteiger partial charge in [0.05, 0.1) is 7.11 Å². The van der Waals surface area contributed by atoms with Gasteiger partial charge in [0.2, 0.25) is 0 Å². The van der Waals surface area contributed by atoms with Crippen LogP contribution in [-0.2, 0) is 4.79 Å². The third-order valence-corrected chi connectivity index (χ3v) is 5.42. The Balaban J connectivity index is 1.73. The Labute approximate surface area is 160 Å². The third kappa shape index (κ3) is 2.97. The number of Topliss-reactive ketones (excluding diaryl/α,β-unsaturated/α-hetero) is 1. The van der Waals surface area contributed by atoms with Crippen LogP contribution in [-0.4, -0.2) is 12.9 Å². The van der Waals surface area contributed by atoms with Gasteiger partial charge in [0.25, 0.3) is 0 Å². The van der Waals surface area contributed by atoms with Gasteiger partial charge in [0.1, 0.15) is 5.75 Å². The Morgan fingerprint density at radius 2 is 1.44 bits per heavy atom. The summed E-state index contributed by atoms with van der Waals surface area (Å²) >= 11 is 0. The monoisotopic (exact) mass is 354 g/mol. The van der Waals surface area contributed by atoms with Crippen molar-refractivity contribution < 1.29 is 9.53 Å². The Kier molecular flexibility index (Phi) is 4.41. The molecule has 0 aliphatic heterocycles. The van der Waals surface area contributed by atoms with E-state index in [0.717, 1.165) is 33.6 Å². The van der Waals surface area contributed by atoms with Crippen molar-refractivity contribution in [3.63, 3.8) is 0 Å². The highest BCUT2D eigenvalue weighted by atomic mass is 16.5. The predicted molar refractivity (Wildman–Crippen MR) is 110 cm³/mol. The van der Waals surface area contributed by atoms with Crippen LogP contribution in [0.3, 0.4) is 0 Å². The van der Waals surface area contributed by atoms with E-state index in [-0.39, 0.29) is 11.7 Å². The van der Waals surface area contributed by atoms with Gasteiger partial charge in [-0.15, -0.1) is 0 Å². The first-order valence-electron chi connectivity index (χ1n) is 9.15. The predicted octanol–water partition coefficient (Wildman–Crippen LogP) is 5.87. The number of hydrogen-bond acceptors (Lipinski definition) is 2. The van der Waals surface area contributed by atoms with E-state index < -0.39 is 0 Å².